The second-order valence-corrected chi connectivity index (χ2v) is 7.37. The lowest BCUT2D eigenvalue weighted by atomic mass is 10.0. The van der Waals surface area contributed by atoms with E-state index < -0.39 is 27.4 Å². The third kappa shape index (κ3) is 4.83. The molecule has 132 valence electrons. The van der Waals surface area contributed by atoms with Crippen molar-refractivity contribution >= 4 is 10.0 Å². The van der Waals surface area contributed by atoms with Gasteiger partial charge >= 0.3 is 6.18 Å². The summed E-state index contributed by atoms with van der Waals surface area (Å²) in [6.45, 7) is 1.10. The van der Waals surface area contributed by atoms with Gasteiger partial charge in [-0.1, -0.05) is 0 Å². The van der Waals surface area contributed by atoms with Crippen molar-refractivity contribution in [2.24, 2.45) is 0 Å². The van der Waals surface area contributed by atoms with Gasteiger partial charge in [-0.05, 0) is 43.3 Å². The van der Waals surface area contributed by atoms with Crippen LogP contribution in [0.25, 0.3) is 0 Å². The number of hydrogen-bond acceptors (Lipinski definition) is 4. The Morgan fingerprint density at radius 3 is 2.29 bits per heavy atom. The van der Waals surface area contributed by atoms with E-state index in [0.29, 0.717) is 17.9 Å². The minimum atomic E-state index is -4.54. The minimum absolute atomic E-state index is 0.0789. The predicted octanol–water partition coefficient (Wildman–Crippen LogP) is 2.57. The third-order valence-electron chi connectivity index (χ3n) is 3.27. The van der Waals surface area contributed by atoms with E-state index in [1.54, 1.807) is 12.1 Å². The van der Waals surface area contributed by atoms with E-state index in [-0.39, 0.29) is 17.9 Å². The number of furan rings is 1. The Kier molecular flexibility index (Phi) is 5.07. The summed E-state index contributed by atoms with van der Waals surface area (Å²) in [5.74, 6) is 0.480. The molecule has 1 unspecified atom stereocenters. The van der Waals surface area contributed by atoms with E-state index in [4.69, 9.17) is 4.42 Å². The molecule has 2 N–H and O–H groups in total. The Bertz CT molecular complexity index is 766. The smallest absolute Gasteiger partial charge is 0.416 e. The van der Waals surface area contributed by atoms with Gasteiger partial charge in [0.25, 0.3) is 0 Å². The van der Waals surface area contributed by atoms with Gasteiger partial charge in [0.15, 0.2) is 0 Å². The van der Waals surface area contributed by atoms with Crippen molar-refractivity contribution in [2.45, 2.75) is 30.0 Å². The zero-order valence-corrected chi connectivity index (χ0v) is 13.5. The van der Waals surface area contributed by atoms with Crippen molar-refractivity contribution in [2.75, 3.05) is 6.54 Å². The number of nitrogens with one attached hydrogen (secondary N) is 1. The maximum Gasteiger partial charge on any atom is 0.416 e. The van der Waals surface area contributed by atoms with Crippen LogP contribution >= 0.6 is 0 Å². The van der Waals surface area contributed by atoms with Crippen molar-refractivity contribution in [3.8, 4) is 0 Å². The molecule has 0 spiro atoms. The number of rotatable bonds is 6. The first kappa shape index (κ1) is 18.5. The van der Waals surface area contributed by atoms with Crippen LogP contribution in [0.2, 0.25) is 0 Å². The predicted molar refractivity (Wildman–Crippen MR) is 79.7 cm³/mol. The molecule has 1 atom stereocenters. The van der Waals surface area contributed by atoms with Crippen LogP contribution in [-0.2, 0) is 22.6 Å². The lowest BCUT2D eigenvalue weighted by Crippen LogP contribution is -2.42. The number of sulfonamides is 1. The van der Waals surface area contributed by atoms with E-state index >= 15 is 0 Å². The van der Waals surface area contributed by atoms with E-state index in [2.05, 4.69) is 4.72 Å². The molecule has 0 bridgehead atoms. The second-order valence-electron chi connectivity index (χ2n) is 5.60. The fourth-order valence-electron chi connectivity index (χ4n) is 2.01. The molecule has 0 radical (unpaired) electrons. The zero-order chi connectivity index (χ0) is 18.0. The number of alkyl halides is 3. The monoisotopic (exact) mass is 363 g/mol. The van der Waals surface area contributed by atoms with Crippen LogP contribution in [0.5, 0.6) is 0 Å². The molecule has 0 saturated heterocycles. The number of hydrogen-bond donors (Lipinski definition) is 2. The lowest BCUT2D eigenvalue weighted by molar-refractivity contribution is -0.137. The highest BCUT2D eigenvalue weighted by atomic mass is 32.2. The summed E-state index contributed by atoms with van der Waals surface area (Å²) in [7, 11) is -4.04. The average Bonchev–Trinajstić information content (AvgIpc) is 2.97. The maximum absolute atomic E-state index is 12.5. The van der Waals surface area contributed by atoms with E-state index in [9.17, 15) is 26.7 Å². The first-order chi connectivity index (χ1) is 11.0. The Morgan fingerprint density at radius 2 is 1.79 bits per heavy atom. The van der Waals surface area contributed by atoms with E-state index in [1.165, 1.54) is 13.2 Å². The van der Waals surface area contributed by atoms with Gasteiger partial charge < -0.3 is 9.52 Å². The molecule has 0 aliphatic carbocycles. The Labute approximate surface area is 137 Å². The van der Waals surface area contributed by atoms with Crippen LogP contribution in [0.3, 0.4) is 0 Å². The summed E-state index contributed by atoms with van der Waals surface area (Å²) in [5, 5.41) is 10.2. The largest absolute Gasteiger partial charge is 0.469 e. The Morgan fingerprint density at radius 1 is 1.17 bits per heavy atom. The van der Waals surface area contributed by atoms with Crippen molar-refractivity contribution in [1.82, 2.24) is 4.72 Å². The van der Waals surface area contributed by atoms with Gasteiger partial charge in [0.05, 0.1) is 22.3 Å². The zero-order valence-electron chi connectivity index (χ0n) is 12.7. The Balaban J connectivity index is 2.05. The van der Waals surface area contributed by atoms with E-state index in [1.807, 2.05) is 0 Å². The van der Waals surface area contributed by atoms with Gasteiger partial charge in [0.1, 0.15) is 5.76 Å². The number of benzene rings is 1. The SMILES string of the molecule is CC(O)(CNS(=O)(=O)c1ccc(C(F)(F)F)cc1)Cc1ccco1. The molecule has 0 aliphatic rings. The summed E-state index contributed by atoms with van der Waals surface area (Å²) in [6.07, 6.45) is -3.03. The summed E-state index contributed by atoms with van der Waals surface area (Å²) < 4.78 is 69.0. The normalized spacial score (nSPS) is 15.2. The van der Waals surface area contributed by atoms with Crippen LogP contribution in [0.4, 0.5) is 13.2 Å². The molecule has 1 aromatic heterocycles. The molecule has 9 heteroatoms. The first-order valence-corrected chi connectivity index (χ1v) is 8.40. The molecule has 0 aliphatic heterocycles. The van der Waals surface area contributed by atoms with Crippen molar-refractivity contribution in [1.29, 1.82) is 0 Å². The molecule has 5 nitrogen and oxygen atoms in total. The molecule has 2 rings (SSSR count). The standard InChI is InChI=1S/C15H16F3NO4S/c1-14(20,9-12-3-2-8-23-12)10-19-24(21,22)13-6-4-11(5-7-13)15(16,17)18/h2-8,19-20H,9-10H2,1H3. The highest BCUT2D eigenvalue weighted by Gasteiger charge is 2.31. The van der Waals surface area contributed by atoms with E-state index in [0.717, 1.165) is 12.1 Å². The van der Waals surface area contributed by atoms with Crippen molar-refractivity contribution < 1.29 is 31.1 Å². The average molecular weight is 363 g/mol. The van der Waals surface area contributed by atoms with Gasteiger partial charge in [-0.25, -0.2) is 13.1 Å². The molecule has 1 aromatic carbocycles. The molecule has 1 heterocycles. The van der Waals surface area contributed by atoms with Crippen LogP contribution in [-0.4, -0.2) is 25.7 Å². The van der Waals surface area contributed by atoms with Gasteiger partial charge in [0, 0.05) is 13.0 Å². The molecule has 24 heavy (non-hydrogen) atoms. The number of halogens is 3. The molecular formula is C15H16F3NO4S. The molecule has 0 fully saturated rings. The molecule has 0 saturated carbocycles. The minimum Gasteiger partial charge on any atom is -0.469 e. The van der Waals surface area contributed by atoms with Gasteiger partial charge in [-0.3, -0.25) is 0 Å². The van der Waals surface area contributed by atoms with Crippen LogP contribution in [0, 0.1) is 0 Å². The fraction of sp³-hybridized carbons (Fsp3) is 0.333. The highest BCUT2D eigenvalue weighted by molar-refractivity contribution is 7.89. The number of aliphatic hydroxyl groups is 1. The van der Waals surface area contributed by atoms with Gasteiger partial charge in [0.2, 0.25) is 10.0 Å². The van der Waals surface area contributed by atoms with Crippen molar-refractivity contribution in [3.05, 3.63) is 54.0 Å². The van der Waals surface area contributed by atoms with Crippen LogP contribution < -0.4 is 4.72 Å². The lowest BCUT2D eigenvalue weighted by Gasteiger charge is -2.22. The first-order valence-electron chi connectivity index (χ1n) is 6.91. The molecule has 0 amide bonds. The maximum atomic E-state index is 12.5. The van der Waals surface area contributed by atoms with Gasteiger partial charge in [-0.2, -0.15) is 13.2 Å². The topological polar surface area (TPSA) is 79.5 Å². The van der Waals surface area contributed by atoms with Crippen molar-refractivity contribution in [3.63, 3.8) is 0 Å². The second kappa shape index (κ2) is 6.58. The van der Waals surface area contributed by atoms with Crippen LogP contribution in [0.15, 0.2) is 52.0 Å². The highest BCUT2D eigenvalue weighted by Crippen LogP contribution is 2.29. The Hall–Kier alpha value is -1.84. The fourth-order valence-corrected chi connectivity index (χ4v) is 3.17. The third-order valence-corrected chi connectivity index (χ3v) is 4.69. The molecule has 2 aromatic rings. The summed E-state index contributed by atoms with van der Waals surface area (Å²) in [5.41, 5.74) is -2.36. The summed E-state index contributed by atoms with van der Waals surface area (Å²) in [6, 6.07) is 6.39. The van der Waals surface area contributed by atoms with Crippen LogP contribution in [0.1, 0.15) is 18.2 Å². The summed E-state index contributed by atoms with van der Waals surface area (Å²) >= 11 is 0. The summed E-state index contributed by atoms with van der Waals surface area (Å²) in [4.78, 5) is -0.315. The molecular weight excluding hydrogens is 347 g/mol. The van der Waals surface area contributed by atoms with Gasteiger partial charge in [-0.15, -0.1) is 0 Å². The quantitative estimate of drug-likeness (QED) is 0.827.